The van der Waals surface area contributed by atoms with Gasteiger partial charge in [-0.1, -0.05) is 61.6 Å². The van der Waals surface area contributed by atoms with Gasteiger partial charge in [-0.25, -0.2) is 14.6 Å². The maximum Gasteiger partial charge on any atom is 0.222 e. The number of fused-ring (bicyclic) bond motifs is 1. The molecule has 0 fully saturated rings. The molecule has 0 radical (unpaired) electrons. The van der Waals surface area contributed by atoms with Crippen LogP contribution in [0.5, 0.6) is 5.88 Å². The smallest absolute Gasteiger partial charge is 0.222 e. The van der Waals surface area contributed by atoms with Gasteiger partial charge >= 0.3 is 0 Å². The van der Waals surface area contributed by atoms with Crippen molar-refractivity contribution in [1.82, 2.24) is 19.7 Å². The van der Waals surface area contributed by atoms with Gasteiger partial charge in [-0.3, -0.25) is 0 Å². The lowest BCUT2D eigenvalue weighted by molar-refractivity contribution is 0.0819. The summed E-state index contributed by atoms with van der Waals surface area (Å²) in [6, 6.07) is 16.9. The predicted molar refractivity (Wildman–Crippen MR) is 132 cm³/mol. The van der Waals surface area contributed by atoms with Gasteiger partial charge in [-0.15, -0.1) is 0 Å². The first-order chi connectivity index (χ1) is 15.4. The minimum absolute atomic E-state index is 0.326. The highest BCUT2D eigenvalue weighted by molar-refractivity contribution is 6.76. The molecule has 0 aliphatic heterocycles. The van der Waals surface area contributed by atoms with E-state index in [4.69, 9.17) is 26.2 Å². The van der Waals surface area contributed by atoms with Gasteiger partial charge in [0.25, 0.3) is 0 Å². The Morgan fingerprint density at radius 1 is 1.03 bits per heavy atom. The largest absolute Gasteiger partial charge is 0.481 e. The van der Waals surface area contributed by atoms with Gasteiger partial charge in [-0.2, -0.15) is 5.10 Å². The molecule has 4 rings (SSSR count). The van der Waals surface area contributed by atoms with Crippen molar-refractivity contribution in [2.75, 3.05) is 13.7 Å². The third-order valence-electron chi connectivity index (χ3n) is 5.18. The zero-order valence-electron chi connectivity index (χ0n) is 18.8. The van der Waals surface area contributed by atoms with Crippen molar-refractivity contribution in [2.45, 2.75) is 32.4 Å². The molecule has 0 spiro atoms. The Hall–Kier alpha value is -2.74. The SMILES string of the molecule is COc1ncccc1-c1nn(COCC[Si](C)(C)C)c2c(-c3ccccc3)cc(Cl)nc12. The Bertz CT molecular complexity index is 1220. The van der Waals surface area contributed by atoms with Crippen LogP contribution in [0, 0.1) is 0 Å². The predicted octanol–water partition coefficient (Wildman–Crippen LogP) is 6.13. The van der Waals surface area contributed by atoms with Crippen LogP contribution < -0.4 is 4.74 Å². The first-order valence-electron chi connectivity index (χ1n) is 10.6. The van der Waals surface area contributed by atoms with Crippen molar-refractivity contribution in [3.8, 4) is 28.3 Å². The van der Waals surface area contributed by atoms with E-state index in [0.717, 1.165) is 28.3 Å². The van der Waals surface area contributed by atoms with E-state index in [1.54, 1.807) is 13.3 Å². The second kappa shape index (κ2) is 9.40. The minimum atomic E-state index is -1.19. The van der Waals surface area contributed by atoms with E-state index in [1.807, 2.05) is 41.1 Å². The number of hydrogen-bond donors (Lipinski definition) is 0. The molecule has 0 aliphatic carbocycles. The summed E-state index contributed by atoms with van der Waals surface area (Å²) >= 11 is 6.47. The fourth-order valence-electron chi connectivity index (χ4n) is 3.53. The Kier molecular flexibility index (Phi) is 6.60. The molecule has 8 heteroatoms. The van der Waals surface area contributed by atoms with Crippen molar-refractivity contribution < 1.29 is 9.47 Å². The summed E-state index contributed by atoms with van der Waals surface area (Å²) in [7, 11) is 0.408. The molecular weight excluding hydrogens is 440 g/mol. The molecular formula is C24H27ClN4O2Si. The molecule has 6 nitrogen and oxygen atoms in total. The second-order valence-electron chi connectivity index (χ2n) is 8.81. The number of rotatable bonds is 8. The molecule has 3 aromatic heterocycles. The van der Waals surface area contributed by atoms with Crippen LogP contribution in [0.2, 0.25) is 30.8 Å². The van der Waals surface area contributed by atoms with Gasteiger partial charge in [0.1, 0.15) is 23.1 Å². The highest BCUT2D eigenvalue weighted by Gasteiger charge is 2.22. The quantitative estimate of drug-likeness (QED) is 0.177. The van der Waals surface area contributed by atoms with E-state index in [9.17, 15) is 0 Å². The monoisotopic (exact) mass is 466 g/mol. The van der Waals surface area contributed by atoms with Gasteiger partial charge in [0.2, 0.25) is 5.88 Å². The molecule has 32 heavy (non-hydrogen) atoms. The van der Waals surface area contributed by atoms with Gasteiger partial charge in [-0.05, 0) is 29.8 Å². The molecule has 166 valence electrons. The normalized spacial score (nSPS) is 11.8. The number of methoxy groups -OCH3 is 1. The van der Waals surface area contributed by atoms with Gasteiger partial charge < -0.3 is 9.47 Å². The van der Waals surface area contributed by atoms with Crippen LogP contribution in [-0.4, -0.2) is 41.5 Å². The maximum atomic E-state index is 6.47. The molecule has 0 aliphatic rings. The van der Waals surface area contributed by atoms with Crippen molar-refractivity contribution in [3.05, 3.63) is 59.9 Å². The van der Waals surface area contributed by atoms with Gasteiger partial charge in [0.05, 0.1) is 18.2 Å². The van der Waals surface area contributed by atoms with Crippen LogP contribution in [0.25, 0.3) is 33.4 Å². The number of benzene rings is 1. The Morgan fingerprint density at radius 2 is 1.81 bits per heavy atom. The second-order valence-corrected chi connectivity index (χ2v) is 14.8. The van der Waals surface area contributed by atoms with Gasteiger partial charge in [0, 0.05) is 26.4 Å². The van der Waals surface area contributed by atoms with E-state index in [-0.39, 0.29) is 0 Å². The lowest BCUT2D eigenvalue weighted by atomic mass is 10.0. The molecule has 0 bridgehead atoms. The summed E-state index contributed by atoms with van der Waals surface area (Å²) in [5.41, 5.74) is 4.98. The fourth-order valence-corrected chi connectivity index (χ4v) is 4.48. The first-order valence-corrected chi connectivity index (χ1v) is 14.7. The minimum Gasteiger partial charge on any atom is -0.481 e. The molecule has 0 N–H and O–H groups in total. The lowest BCUT2D eigenvalue weighted by Crippen LogP contribution is -2.22. The van der Waals surface area contributed by atoms with E-state index in [2.05, 4.69) is 41.7 Å². The standard InChI is InChI=1S/C24H27ClN4O2Si/c1-30-24-18(11-8-12-26-24)21-22-23(29(28-21)16-31-13-14-32(2,3)4)19(15-20(25)27-22)17-9-6-5-7-10-17/h5-12,15H,13-14,16H2,1-4H3. The number of hydrogen-bond acceptors (Lipinski definition) is 5. The molecule has 3 heterocycles. The van der Waals surface area contributed by atoms with Crippen LogP contribution in [0.1, 0.15) is 0 Å². The lowest BCUT2D eigenvalue weighted by Gasteiger charge is -2.15. The van der Waals surface area contributed by atoms with Gasteiger partial charge in [0.15, 0.2) is 0 Å². The molecule has 0 amide bonds. The average Bonchev–Trinajstić information content (AvgIpc) is 3.14. The van der Waals surface area contributed by atoms with Crippen molar-refractivity contribution in [2.24, 2.45) is 0 Å². The van der Waals surface area contributed by atoms with Crippen LogP contribution in [0.3, 0.4) is 0 Å². The highest BCUT2D eigenvalue weighted by Crippen LogP contribution is 2.37. The number of aromatic nitrogens is 4. The van der Waals surface area contributed by atoms with Crippen molar-refractivity contribution >= 4 is 30.7 Å². The highest BCUT2D eigenvalue weighted by atomic mass is 35.5. The Labute approximate surface area is 194 Å². The first kappa shape index (κ1) is 22.5. The summed E-state index contributed by atoms with van der Waals surface area (Å²) < 4.78 is 13.4. The third-order valence-corrected chi connectivity index (χ3v) is 7.08. The van der Waals surface area contributed by atoms with Crippen LogP contribution in [-0.2, 0) is 11.5 Å². The Morgan fingerprint density at radius 3 is 2.53 bits per heavy atom. The zero-order chi connectivity index (χ0) is 22.7. The van der Waals surface area contributed by atoms with E-state index < -0.39 is 8.07 Å². The van der Waals surface area contributed by atoms with E-state index >= 15 is 0 Å². The fraction of sp³-hybridized carbons (Fsp3) is 0.292. The van der Waals surface area contributed by atoms with Crippen molar-refractivity contribution in [3.63, 3.8) is 0 Å². The molecule has 0 saturated carbocycles. The Balaban J connectivity index is 1.87. The molecule has 1 aromatic carbocycles. The number of halogens is 1. The summed E-state index contributed by atoms with van der Waals surface area (Å²) in [5, 5.41) is 5.29. The summed E-state index contributed by atoms with van der Waals surface area (Å²) in [5.74, 6) is 0.488. The summed E-state index contributed by atoms with van der Waals surface area (Å²) in [4.78, 5) is 8.99. The number of ether oxygens (including phenoxy) is 2. The molecule has 4 aromatic rings. The number of nitrogens with zero attached hydrogens (tertiary/aromatic N) is 4. The summed E-state index contributed by atoms with van der Waals surface area (Å²) in [6.45, 7) is 8.04. The molecule has 0 saturated heterocycles. The van der Waals surface area contributed by atoms with E-state index in [1.165, 1.54) is 0 Å². The van der Waals surface area contributed by atoms with Crippen molar-refractivity contribution in [1.29, 1.82) is 0 Å². The average molecular weight is 467 g/mol. The maximum absolute atomic E-state index is 6.47. The third kappa shape index (κ3) is 4.85. The van der Waals surface area contributed by atoms with Crippen LogP contribution in [0.15, 0.2) is 54.7 Å². The zero-order valence-corrected chi connectivity index (χ0v) is 20.6. The topological polar surface area (TPSA) is 62.1 Å². The summed E-state index contributed by atoms with van der Waals surface area (Å²) in [6.07, 6.45) is 1.69. The molecule has 0 unspecified atom stereocenters. The van der Waals surface area contributed by atoms with Crippen LogP contribution in [0.4, 0.5) is 0 Å². The van der Waals surface area contributed by atoms with E-state index in [0.29, 0.717) is 35.6 Å². The molecule has 0 atom stereocenters. The van der Waals surface area contributed by atoms with Crippen LogP contribution >= 0.6 is 11.6 Å². The number of pyridine rings is 2.